The Hall–Kier alpha value is -3.27. The molecular weight excluding hydrogens is 580 g/mol. The Balaban J connectivity index is 1.10. The van der Waals surface area contributed by atoms with Crippen LogP contribution in [0.5, 0.6) is 11.6 Å². The summed E-state index contributed by atoms with van der Waals surface area (Å²) in [6.45, 7) is 5.48. The van der Waals surface area contributed by atoms with Gasteiger partial charge in [0.15, 0.2) is 0 Å². The highest BCUT2D eigenvalue weighted by Gasteiger charge is 2.61. The molecule has 0 unspecified atom stereocenters. The van der Waals surface area contributed by atoms with Gasteiger partial charge in [-0.2, -0.15) is 0 Å². The van der Waals surface area contributed by atoms with Crippen LogP contribution in [0, 0.1) is 29.4 Å². The number of esters is 1. The molecule has 3 atom stereocenters. The second-order valence-electron chi connectivity index (χ2n) is 13.0. The Morgan fingerprint density at radius 1 is 1.09 bits per heavy atom. The van der Waals surface area contributed by atoms with Crippen molar-refractivity contribution < 1.29 is 38.0 Å². The summed E-state index contributed by atoms with van der Waals surface area (Å²) in [5.74, 6) is -0.598. The van der Waals surface area contributed by atoms with E-state index in [-0.39, 0.29) is 59.0 Å². The van der Waals surface area contributed by atoms with Crippen LogP contribution in [-0.2, 0) is 22.6 Å². The van der Waals surface area contributed by atoms with E-state index in [0.717, 1.165) is 23.6 Å². The minimum atomic E-state index is -1.03. The van der Waals surface area contributed by atoms with Gasteiger partial charge in [0.05, 0.1) is 29.8 Å². The summed E-state index contributed by atoms with van der Waals surface area (Å²) < 4.78 is 46.8. The molecule has 2 saturated carbocycles. The van der Waals surface area contributed by atoms with Crippen molar-refractivity contribution in [2.45, 2.75) is 63.8 Å². The SMILES string of the molecule is CC(C)(C)OC(=O)[C@H]1[C@H]2Cc3cc(OCc4cc(-c5ccc(OC[C@H]6C[C@@](O)(CO)C6)cc5Cl)c(F)cc4F)ncc3[C@@H]21. The minimum absolute atomic E-state index is 0.106. The fourth-order valence-corrected chi connectivity index (χ4v) is 6.65. The van der Waals surface area contributed by atoms with Crippen molar-refractivity contribution in [2.24, 2.45) is 17.8 Å². The Morgan fingerprint density at radius 3 is 2.56 bits per heavy atom. The maximum atomic E-state index is 14.9. The number of hydrogen-bond donors (Lipinski definition) is 2. The highest BCUT2D eigenvalue weighted by atomic mass is 35.5. The van der Waals surface area contributed by atoms with Crippen molar-refractivity contribution in [1.82, 2.24) is 4.98 Å². The number of aliphatic hydroxyl groups excluding tert-OH is 1. The van der Waals surface area contributed by atoms with E-state index in [2.05, 4.69) is 4.98 Å². The van der Waals surface area contributed by atoms with Gasteiger partial charge in [0.2, 0.25) is 5.88 Å². The summed E-state index contributed by atoms with van der Waals surface area (Å²) in [7, 11) is 0. The summed E-state index contributed by atoms with van der Waals surface area (Å²) in [5, 5.41) is 19.4. The molecule has 0 bridgehead atoms. The molecule has 228 valence electrons. The molecule has 2 N–H and O–H groups in total. The topological polar surface area (TPSA) is 98.1 Å². The number of hydrogen-bond acceptors (Lipinski definition) is 7. The van der Waals surface area contributed by atoms with E-state index in [1.807, 2.05) is 26.8 Å². The van der Waals surface area contributed by atoms with Gasteiger partial charge in [0.1, 0.15) is 29.6 Å². The lowest BCUT2D eigenvalue weighted by Crippen LogP contribution is -2.48. The standard InChI is InChI=1S/C33H34ClF2NO6/c1-32(2,3)43-31(39)30-23-6-18-8-28(37-13-24(18)29(23)30)42-15-19-7-22(27(36)10-26(19)35)21-5-4-20(9-25(21)34)41-14-17-11-33(40,12-17)16-38/h4-5,7-10,13,17,23,29-30,38,40H,6,11-12,14-16H2,1-3H3/t17-,23-,29+,30-,33-/m0/s1. The molecule has 0 radical (unpaired) electrons. The summed E-state index contributed by atoms with van der Waals surface area (Å²) in [4.78, 5) is 16.9. The molecule has 3 aliphatic carbocycles. The van der Waals surface area contributed by atoms with Crippen molar-refractivity contribution in [2.75, 3.05) is 13.2 Å². The lowest BCUT2D eigenvalue weighted by Gasteiger charge is -2.42. The number of aliphatic hydroxyl groups is 2. The molecule has 1 aromatic heterocycles. The largest absolute Gasteiger partial charge is 0.493 e. The number of rotatable bonds is 9. The van der Waals surface area contributed by atoms with E-state index in [9.17, 15) is 23.8 Å². The van der Waals surface area contributed by atoms with Crippen molar-refractivity contribution in [3.63, 3.8) is 0 Å². The van der Waals surface area contributed by atoms with Crippen molar-refractivity contribution in [3.8, 4) is 22.8 Å². The van der Waals surface area contributed by atoms with E-state index in [4.69, 9.17) is 25.8 Å². The molecule has 7 nitrogen and oxygen atoms in total. The summed E-state index contributed by atoms with van der Waals surface area (Å²) in [5.41, 5.74) is 1.16. The highest BCUT2D eigenvalue weighted by Crippen LogP contribution is 2.62. The fraction of sp³-hybridized carbons (Fsp3) is 0.455. The first-order valence-corrected chi connectivity index (χ1v) is 14.8. The first-order valence-electron chi connectivity index (χ1n) is 14.4. The summed E-state index contributed by atoms with van der Waals surface area (Å²) in [6, 6.07) is 8.85. The number of halogens is 3. The van der Waals surface area contributed by atoms with Gasteiger partial charge in [-0.1, -0.05) is 11.6 Å². The molecule has 0 aliphatic heterocycles. The maximum Gasteiger partial charge on any atom is 0.310 e. The van der Waals surface area contributed by atoms with Gasteiger partial charge in [-0.15, -0.1) is 0 Å². The third-order valence-corrected chi connectivity index (χ3v) is 8.83. The van der Waals surface area contributed by atoms with Crippen LogP contribution < -0.4 is 9.47 Å². The van der Waals surface area contributed by atoms with Crippen molar-refractivity contribution >= 4 is 17.6 Å². The summed E-state index contributed by atoms with van der Waals surface area (Å²) >= 11 is 6.48. The lowest BCUT2D eigenvalue weighted by molar-refractivity contribution is -0.157. The van der Waals surface area contributed by atoms with Crippen molar-refractivity contribution in [3.05, 3.63) is 75.9 Å². The van der Waals surface area contributed by atoms with Gasteiger partial charge >= 0.3 is 5.97 Å². The van der Waals surface area contributed by atoms with Gasteiger partial charge in [-0.05, 0) is 87.3 Å². The third kappa shape index (κ3) is 6.08. The van der Waals surface area contributed by atoms with Crippen LogP contribution in [0.2, 0.25) is 5.02 Å². The molecule has 2 aromatic carbocycles. The Kier molecular flexibility index (Phi) is 7.63. The Labute approximate surface area is 253 Å². The van der Waals surface area contributed by atoms with E-state index in [1.165, 1.54) is 6.07 Å². The number of carbonyl (C=O) groups excluding carboxylic acids is 1. The number of fused-ring (bicyclic) bond motifs is 3. The van der Waals surface area contributed by atoms with Crippen LogP contribution in [-0.4, -0.2) is 45.6 Å². The monoisotopic (exact) mass is 613 g/mol. The smallest absolute Gasteiger partial charge is 0.310 e. The highest BCUT2D eigenvalue weighted by molar-refractivity contribution is 6.33. The van der Waals surface area contributed by atoms with E-state index in [0.29, 0.717) is 36.6 Å². The second kappa shape index (κ2) is 11.0. The molecule has 2 fully saturated rings. The van der Waals surface area contributed by atoms with Crippen LogP contribution in [0.25, 0.3) is 11.1 Å². The Morgan fingerprint density at radius 2 is 1.86 bits per heavy atom. The molecule has 3 aromatic rings. The third-order valence-electron chi connectivity index (χ3n) is 8.52. The zero-order valence-corrected chi connectivity index (χ0v) is 25.0. The van der Waals surface area contributed by atoms with E-state index >= 15 is 0 Å². The first kappa shape index (κ1) is 29.8. The summed E-state index contributed by atoms with van der Waals surface area (Å²) in [6.07, 6.45) is 3.35. The molecule has 43 heavy (non-hydrogen) atoms. The van der Waals surface area contributed by atoms with Crippen LogP contribution in [0.4, 0.5) is 8.78 Å². The minimum Gasteiger partial charge on any atom is -0.493 e. The number of benzene rings is 2. The van der Waals surface area contributed by atoms with E-state index < -0.39 is 22.8 Å². The van der Waals surface area contributed by atoms with Crippen LogP contribution in [0.3, 0.4) is 0 Å². The molecule has 0 saturated heterocycles. The fourth-order valence-electron chi connectivity index (χ4n) is 6.38. The van der Waals surface area contributed by atoms with Gasteiger partial charge in [0.25, 0.3) is 0 Å². The van der Waals surface area contributed by atoms with Gasteiger partial charge in [-0.25, -0.2) is 13.8 Å². The number of nitrogens with zero attached hydrogens (tertiary/aromatic N) is 1. The first-order chi connectivity index (χ1) is 20.3. The van der Waals surface area contributed by atoms with Gasteiger partial charge < -0.3 is 24.4 Å². The molecular formula is C33H34ClF2NO6. The predicted molar refractivity (Wildman–Crippen MR) is 155 cm³/mol. The molecule has 10 heteroatoms. The van der Waals surface area contributed by atoms with Crippen LogP contribution in [0.15, 0.2) is 42.6 Å². The number of carbonyl (C=O) groups is 1. The average Bonchev–Trinajstić information content (AvgIpc) is 3.51. The molecule has 0 spiro atoms. The molecule has 1 heterocycles. The lowest BCUT2D eigenvalue weighted by atomic mass is 9.72. The van der Waals surface area contributed by atoms with E-state index in [1.54, 1.807) is 24.4 Å². The predicted octanol–water partition coefficient (Wildman–Crippen LogP) is 6.00. The molecule has 0 amide bonds. The van der Waals surface area contributed by atoms with Gasteiger partial charge in [-0.3, -0.25) is 4.79 Å². The Bertz CT molecular complexity index is 1570. The maximum absolute atomic E-state index is 14.9. The van der Waals surface area contributed by atoms with Crippen LogP contribution >= 0.6 is 11.6 Å². The number of aromatic nitrogens is 1. The normalized spacial score (nSPS) is 25.4. The quantitative estimate of drug-likeness (QED) is 0.286. The zero-order chi connectivity index (χ0) is 30.7. The second-order valence-corrected chi connectivity index (χ2v) is 13.4. The van der Waals surface area contributed by atoms with Crippen molar-refractivity contribution in [1.29, 1.82) is 0 Å². The zero-order valence-electron chi connectivity index (χ0n) is 24.2. The van der Waals surface area contributed by atoms with Gasteiger partial charge in [0, 0.05) is 40.9 Å². The number of ether oxygens (including phenoxy) is 3. The van der Waals surface area contributed by atoms with Crippen LogP contribution in [0.1, 0.15) is 56.2 Å². The molecule has 3 aliphatic rings. The average molecular weight is 614 g/mol. The molecule has 6 rings (SSSR count). The number of pyridine rings is 1.